The lowest BCUT2D eigenvalue weighted by Gasteiger charge is -2.30. The molecule has 1 saturated heterocycles. The van der Waals surface area contributed by atoms with Crippen molar-refractivity contribution in [3.63, 3.8) is 0 Å². The molecule has 0 aromatic heterocycles. The van der Waals surface area contributed by atoms with Crippen molar-refractivity contribution in [2.45, 2.75) is 38.5 Å². The van der Waals surface area contributed by atoms with Gasteiger partial charge in [-0.15, -0.1) is 0 Å². The Morgan fingerprint density at radius 1 is 1.23 bits per heavy atom. The van der Waals surface area contributed by atoms with Crippen LogP contribution in [0.3, 0.4) is 0 Å². The van der Waals surface area contributed by atoms with E-state index >= 15 is 0 Å². The maximum absolute atomic E-state index is 14.1. The first-order valence-corrected chi connectivity index (χ1v) is 12.3. The van der Waals surface area contributed by atoms with Gasteiger partial charge >= 0.3 is 0 Å². The maximum atomic E-state index is 14.1. The molecule has 8 heteroatoms. The maximum Gasteiger partial charge on any atom is 0.264 e. The third-order valence-electron chi connectivity index (χ3n) is 6.09. The number of amides is 1. The van der Waals surface area contributed by atoms with E-state index in [2.05, 4.69) is 6.07 Å². The Morgan fingerprint density at radius 3 is 2.61 bits per heavy atom. The van der Waals surface area contributed by atoms with Crippen molar-refractivity contribution in [1.29, 1.82) is 0 Å². The Kier molecular flexibility index (Phi) is 7.08. The van der Waals surface area contributed by atoms with Crippen LogP contribution in [0.25, 0.3) is 0 Å². The summed E-state index contributed by atoms with van der Waals surface area (Å²) in [5, 5.41) is 0.231. The summed E-state index contributed by atoms with van der Waals surface area (Å²) in [6.45, 7) is 5.00. The summed E-state index contributed by atoms with van der Waals surface area (Å²) < 4.78 is 42.1. The lowest BCUT2D eigenvalue weighted by atomic mass is 9.76. The van der Waals surface area contributed by atoms with Gasteiger partial charge in [0.05, 0.1) is 19.3 Å². The molecule has 0 saturated carbocycles. The molecule has 0 bridgehead atoms. The van der Waals surface area contributed by atoms with Crippen LogP contribution in [0.15, 0.2) is 36.4 Å². The van der Waals surface area contributed by atoms with Crippen LogP contribution in [0.1, 0.15) is 35.1 Å². The van der Waals surface area contributed by atoms with Gasteiger partial charge in [0.2, 0.25) is 5.91 Å². The second-order valence-corrected chi connectivity index (χ2v) is 10.3. The molecule has 0 aliphatic carbocycles. The van der Waals surface area contributed by atoms with Crippen LogP contribution in [0.2, 0.25) is 5.02 Å². The van der Waals surface area contributed by atoms with E-state index in [1.54, 1.807) is 11.0 Å². The molecule has 1 unspecified atom stereocenters. The van der Waals surface area contributed by atoms with Crippen LogP contribution >= 0.6 is 11.6 Å². The zero-order valence-corrected chi connectivity index (χ0v) is 19.5. The Morgan fingerprint density at radius 2 is 1.97 bits per heavy atom. The van der Waals surface area contributed by atoms with Crippen molar-refractivity contribution < 1.29 is 21.8 Å². The van der Waals surface area contributed by atoms with Crippen molar-refractivity contribution >= 4 is 27.6 Å². The van der Waals surface area contributed by atoms with Gasteiger partial charge < -0.3 is 4.90 Å². The largest absolute Gasteiger partial charge is 0.341 e. The summed E-state index contributed by atoms with van der Waals surface area (Å²) >= 11 is 6.09. The summed E-state index contributed by atoms with van der Waals surface area (Å²) in [5.74, 6) is -0.705. The Hall–Kier alpha value is -1.96. The topological polar surface area (TPSA) is 63.7 Å². The predicted molar refractivity (Wildman–Crippen MR) is 119 cm³/mol. The minimum absolute atomic E-state index is 0.0347. The molecule has 1 heterocycles. The van der Waals surface area contributed by atoms with Crippen LogP contribution < -0.4 is 0 Å². The average molecular weight is 468 g/mol. The molecule has 0 spiro atoms. The van der Waals surface area contributed by atoms with Crippen LogP contribution in [0.4, 0.5) is 4.39 Å². The smallest absolute Gasteiger partial charge is 0.264 e. The highest BCUT2D eigenvalue weighted by Gasteiger charge is 2.41. The molecule has 2 aromatic carbocycles. The summed E-state index contributed by atoms with van der Waals surface area (Å²) in [5.41, 5.74) is 3.10. The van der Waals surface area contributed by atoms with E-state index in [1.807, 2.05) is 26.0 Å². The van der Waals surface area contributed by atoms with Crippen LogP contribution in [0.5, 0.6) is 0 Å². The fourth-order valence-corrected chi connectivity index (χ4v) is 4.71. The van der Waals surface area contributed by atoms with Gasteiger partial charge in [-0.3, -0.25) is 8.98 Å². The second kappa shape index (κ2) is 9.27. The van der Waals surface area contributed by atoms with Crippen molar-refractivity contribution in [1.82, 2.24) is 4.90 Å². The van der Waals surface area contributed by atoms with E-state index < -0.39 is 21.4 Å². The van der Waals surface area contributed by atoms with Gasteiger partial charge in [-0.05, 0) is 55.5 Å². The Bertz CT molecular complexity index is 1070. The minimum atomic E-state index is -3.56. The lowest BCUT2D eigenvalue weighted by Crippen LogP contribution is -2.36. The molecule has 168 valence electrons. The number of hydrogen-bond acceptors (Lipinski definition) is 4. The predicted octanol–water partition coefficient (Wildman–Crippen LogP) is 4.18. The number of rotatable bonds is 7. The normalized spacial score (nSPS) is 19.1. The number of nitrogens with zero attached hydrogens (tertiary/aromatic N) is 1. The number of halogens is 2. The van der Waals surface area contributed by atoms with E-state index in [0.29, 0.717) is 25.9 Å². The van der Waals surface area contributed by atoms with Crippen molar-refractivity contribution in [3.8, 4) is 0 Å². The van der Waals surface area contributed by atoms with Crippen molar-refractivity contribution in [3.05, 3.63) is 69.5 Å². The third-order valence-corrected chi connectivity index (χ3v) is 7.04. The highest BCUT2D eigenvalue weighted by atomic mass is 35.5. The zero-order valence-electron chi connectivity index (χ0n) is 18.0. The number of aryl methyl sites for hydroxylation is 2. The second-order valence-electron chi connectivity index (χ2n) is 8.30. The van der Waals surface area contributed by atoms with Crippen molar-refractivity contribution in [2.24, 2.45) is 0 Å². The van der Waals surface area contributed by atoms with E-state index in [0.717, 1.165) is 22.9 Å². The molecular weight excluding hydrogens is 441 g/mol. The number of benzene rings is 2. The number of carbonyl (C=O) groups excluding carboxylic acids is 1. The van der Waals surface area contributed by atoms with Gasteiger partial charge in [-0.1, -0.05) is 35.9 Å². The third kappa shape index (κ3) is 5.64. The Labute approximate surface area is 188 Å². The van der Waals surface area contributed by atoms with Gasteiger partial charge in [0.1, 0.15) is 5.82 Å². The monoisotopic (exact) mass is 467 g/mol. The lowest BCUT2D eigenvalue weighted by molar-refractivity contribution is -0.129. The quantitative estimate of drug-likeness (QED) is 0.573. The molecule has 3 rings (SSSR count). The summed E-state index contributed by atoms with van der Waals surface area (Å²) in [6.07, 6.45) is 2.03. The first kappa shape index (κ1) is 23.7. The molecule has 1 atom stereocenters. The summed E-state index contributed by atoms with van der Waals surface area (Å²) in [6, 6.07) is 10.5. The Balaban J connectivity index is 1.83. The first-order valence-electron chi connectivity index (χ1n) is 10.1. The van der Waals surface area contributed by atoms with Gasteiger partial charge in [0.15, 0.2) is 0 Å². The molecule has 0 radical (unpaired) electrons. The molecule has 31 heavy (non-hydrogen) atoms. The standard InChI is InChI=1S/C23H27ClFNO4S/c1-16-7-8-18(13-17(16)2)23(10-12-30-31(3,28)29)9-11-26(15-23)22(27)14-19-20(24)5-4-6-21(19)25/h4-8,13H,9-12,14-15H2,1-3H3. The molecule has 1 aliphatic heterocycles. The van der Waals surface area contributed by atoms with Crippen LogP contribution in [0, 0.1) is 19.7 Å². The molecular formula is C23H27ClFNO4S. The summed E-state index contributed by atoms with van der Waals surface area (Å²) in [7, 11) is -3.56. The van der Waals surface area contributed by atoms with Crippen LogP contribution in [-0.2, 0) is 30.9 Å². The zero-order chi connectivity index (χ0) is 22.8. The highest BCUT2D eigenvalue weighted by molar-refractivity contribution is 7.85. The minimum Gasteiger partial charge on any atom is -0.341 e. The number of carbonyl (C=O) groups is 1. The first-order chi connectivity index (χ1) is 14.5. The van der Waals surface area contributed by atoms with E-state index in [1.165, 1.54) is 12.1 Å². The summed E-state index contributed by atoms with van der Waals surface area (Å²) in [4.78, 5) is 14.7. The van der Waals surface area contributed by atoms with E-state index in [-0.39, 0.29) is 29.5 Å². The molecule has 1 aliphatic rings. The van der Waals surface area contributed by atoms with Crippen LogP contribution in [-0.4, -0.2) is 45.2 Å². The van der Waals surface area contributed by atoms with Crippen molar-refractivity contribution in [2.75, 3.05) is 26.0 Å². The van der Waals surface area contributed by atoms with Gasteiger partial charge in [-0.25, -0.2) is 4.39 Å². The fraction of sp³-hybridized carbons (Fsp3) is 0.435. The molecule has 1 amide bonds. The highest BCUT2D eigenvalue weighted by Crippen LogP contribution is 2.39. The van der Waals surface area contributed by atoms with Gasteiger partial charge in [0.25, 0.3) is 10.1 Å². The molecule has 5 nitrogen and oxygen atoms in total. The number of likely N-dealkylation sites (tertiary alicyclic amines) is 1. The van der Waals surface area contributed by atoms with E-state index in [9.17, 15) is 17.6 Å². The van der Waals surface area contributed by atoms with E-state index in [4.69, 9.17) is 15.8 Å². The molecule has 1 fully saturated rings. The molecule has 2 aromatic rings. The number of hydrogen-bond donors (Lipinski definition) is 0. The fourth-order valence-electron chi connectivity index (χ4n) is 4.09. The molecule has 0 N–H and O–H groups in total. The SMILES string of the molecule is Cc1ccc(C2(CCOS(C)(=O)=O)CCN(C(=O)Cc3c(F)cccc3Cl)C2)cc1C. The average Bonchev–Trinajstić information content (AvgIpc) is 3.11. The van der Waals surface area contributed by atoms with Gasteiger partial charge in [0, 0.05) is 29.1 Å². The van der Waals surface area contributed by atoms with Gasteiger partial charge in [-0.2, -0.15) is 8.42 Å².